The number of rotatable bonds is 5. The van der Waals surface area contributed by atoms with Crippen molar-refractivity contribution < 1.29 is 5.11 Å². The van der Waals surface area contributed by atoms with Crippen LogP contribution in [0.2, 0.25) is 0 Å². The van der Waals surface area contributed by atoms with Crippen LogP contribution < -0.4 is 10.2 Å². The molecule has 0 spiro atoms. The maximum Gasteiger partial charge on any atom is 0.304 e. The van der Waals surface area contributed by atoms with Crippen molar-refractivity contribution in [2.24, 2.45) is 0 Å². The van der Waals surface area contributed by atoms with Crippen molar-refractivity contribution in [1.29, 1.82) is 0 Å². The number of thiazole rings is 1. The van der Waals surface area contributed by atoms with Crippen molar-refractivity contribution in [3.05, 3.63) is 20.7 Å². The van der Waals surface area contributed by atoms with Crippen LogP contribution in [0.4, 0.5) is 0 Å². The fourth-order valence-electron chi connectivity index (χ4n) is 0.935. The van der Waals surface area contributed by atoms with Gasteiger partial charge >= 0.3 is 4.87 Å². The smallest absolute Gasteiger partial charge is 0.304 e. The monoisotopic (exact) mass is 202 g/mol. The van der Waals surface area contributed by atoms with Crippen LogP contribution >= 0.6 is 11.3 Å². The van der Waals surface area contributed by atoms with Crippen molar-refractivity contribution in [2.75, 3.05) is 6.54 Å². The summed E-state index contributed by atoms with van der Waals surface area (Å²) in [6.07, 6.45) is 0.461. The van der Waals surface area contributed by atoms with Gasteiger partial charge in [-0.3, -0.25) is 4.79 Å². The number of aliphatic hydroxyl groups excluding tert-OH is 1. The van der Waals surface area contributed by atoms with Crippen molar-refractivity contribution in [3.8, 4) is 0 Å². The lowest BCUT2D eigenvalue weighted by Crippen LogP contribution is -2.19. The highest BCUT2D eigenvalue weighted by Gasteiger charge is 1.97. The average molecular weight is 202 g/mol. The van der Waals surface area contributed by atoms with Gasteiger partial charge in [0.15, 0.2) is 0 Å². The van der Waals surface area contributed by atoms with Gasteiger partial charge < -0.3 is 15.4 Å². The molecule has 0 radical (unpaired) electrons. The Morgan fingerprint density at radius 1 is 1.77 bits per heavy atom. The van der Waals surface area contributed by atoms with E-state index in [9.17, 15) is 4.79 Å². The Morgan fingerprint density at radius 3 is 3.08 bits per heavy atom. The topological polar surface area (TPSA) is 65.1 Å². The van der Waals surface area contributed by atoms with Crippen molar-refractivity contribution >= 4 is 11.3 Å². The number of aliphatic hydroxyl groups is 1. The SMILES string of the molecule is CC(O)CCNCc1csc(=O)[nH]1. The zero-order chi connectivity index (χ0) is 9.68. The average Bonchev–Trinajstić information content (AvgIpc) is 2.45. The second kappa shape index (κ2) is 5.16. The lowest BCUT2D eigenvalue weighted by Gasteiger charge is -2.04. The van der Waals surface area contributed by atoms with E-state index in [4.69, 9.17) is 5.11 Å². The van der Waals surface area contributed by atoms with Crippen LogP contribution in [0.5, 0.6) is 0 Å². The summed E-state index contributed by atoms with van der Waals surface area (Å²) in [6, 6.07) is 0. The molecule has 0 aliphatic rings. The first-order valence-electron chi connectivity index (χ1n) is 4.24. The van der Waals surface area contributed by atoms with Crippen LogP contribution in [-0.4, -0.2) is 22.7 Å². The zero-order valence-corrected chi connectivity index (χ0v) is 8.36. The molecule has 1 heterocycles. The lowest BCUT2D eigenvalue weighted by atomic mass is 10.3. The van der Waals surface area contributed by atoms with Gasteiger partial charge in [-0.2, -0.15) is 0 Å². The Bertz CT molecular complexity index is 292. The van der Waals surface area contributed by atoms with Gasteiger partial charge in [-0.15, -0.1) is 0 Å². The second-order valence-corrected chi connectivity index (χ2v) is 3.83. The molecule has 1 unspecified atom stereocenters. The van der Waals surface area contributed by atoms with Crippen LogP contribution in [0.3, 0.4) is 0 Å². The molecule has 3 N–H and O–H groups in total. The fraction of sp³-hybridized carbons (Fsp3) is 0.625. The molecule has 0 fully saturated rings. The first-order chi connectivity index (χ1) is 6.18. The molecule has 0 bridgehead atoms. The molecule has 5 heteroatoms. The largest absolute Gasteiger partial charge is 0.393 e. The number of aromatic amines is 1. The molecule has 74 valence electrons. The summed E-state index contributed by atoms with van der Waals surface area (Å²) in [5.41, 5.74) is 0.903. The summed E-state index contributed by atoms with van der Waals surface area (Å²) >= 11 is 1.17. The third kappa shape index (κ3) is 4.21. The molecule has 0 aromatic carbocycles. The Labute approximate surface area is 80.6 Å². The molecule has 4 nitrogen and oxygen atoms in total. The molecule has 1 rings (SSSR count). The first-order valence-corrected chi connectivity index (χ1v) is 5.12. The van der Waals surface area contributed by atoms with E-state index < -0.39 is 0 Å². The van der Waals surface area contributed by atoms with Crippen LogP contribution in [0.25, 0.3) is 0 Å². The number of hydrogen-bond acceptors (Lipinski definition) is 4. The highest BCUT2D eigenvalue weighted by Crippen LogP contribution is 1.94. The number of nitrogens with one attached hydrogen (secondary N) is 2. The summed E-state index contributed by atoms with van der Waals surface area (Å²) in [7, 11) is 0. The minimum Gasteiger partial charge on any atom is -0.393 e. The quantitative estimate of drug-likeness (QED) is 0.602. The van der Waals surface area contributed by atoms with Crippen molar-refractivity contribution in [3.63, 3.8) is 0 Å². The summed E-state index contributed by atoms with van der Waals surface area (Å²) in [4.78, 5) is 13.4. The molecule has 1 atom stereocenters. The Balaban J connectivity index is 2.17. The molecular formula is C8H14N2O2S. The maximum atomic E-state index is 10.7. The fourth-order valence-corrected chi connectivity index (χ4v) is 1.52. The summed E-state index contributed by atoms with van der Waals surface area (Å²) in [5.74, 6) is 0. The van der Waals surface area contributed by atoms with Crippen LogP contribution in [-0.2, 0) is 6.54 Å². The van der Waals surface area contributed by atoms with Crippen molar-refractivity contribution in [1.82, 2.24) is 10.3 Å². The van der Waals surface area contributed by atoms with Crippen LogP contribution in [0.15, 0.2) is 10.2 Å². The Kier molecular flexibility index (Phi) is 4.14. The third-order valence-corrected chi connectivity index (χ3v) is 2.34. The molecule has 0 saturated carbocycles. The number of hydrogen-bond donors (Lipinski definition) is 3. The normalized spacial score (nSPS) is 13.1. The molecule has 0 amide bonds. The van der Waals surface area contributed by atoms with Gasteiger partial charge in [0.1, 0.15) is 0 Å². The highest BCUT2D eigenvalue weighted by atomic mass is 32.1. The standard InChI is InChI=1S/C8H14N2O2S/c1-6(11)2-3-9-4-7-5-13-8(12)10-7/h5-6,9,11H,2-4H2,1H3,(H,10,12). The Hall–Kier alpha value is -0.650. The van der Waals surface area contributed by atoms with Gasteiger partial charge in [0, 0.05) is 17.6 Å². The minimum atomic E-state index is -0.269. The van der Waals surface area contributed by atoms with E-state index in [0.717, 1.165) is 18.7 Å². The minimum absolute atomic E-state index is 0.0210. The van der Waals surface area contributed by atoms with E-state index >= 15 is 0 Å². The molecule has 0 aliphatic heterocycles. The van der Waals surface area contributed by atoms with Gasteiger partial charge in [0.2, 0.25) is 0 Å². The molecule has 0 aliphatic carbocycles. The second-order valence-electron chi connectivity index (χ2n) is 2.99. The summed E-state index contributed by atoms with van der Waals surface area (Å²) < 4.78 is 0. The van der Waals surface area contributed by atoms with Gasteiger partial charge in [0.05, 0.1) is 6.10 Å². The Morgan fingerprint density at radius 2 is 2.54 bits per heavy atom. The third-order valence-electron chi connectivity index (χ3n) is 1.63. The predicted molar refractivity (Wildman–Crippen MR) is 52.9 cm³/mol. The van der Waals surface area contributed by atoms with E-state index in [1.807, 2.05) is 0 Å². The van der Waals surface area contributed by atoms with Crippen LogP contribution in [0.1, 0.15) is 19.0 Å². The summed E-state index contributed by atoms with van der Waals surface area (Å²) in [5, 5.41) is 13.9. The molecule has 13 heavy (non-hydrogen) atoms. The lowest BCUT2D eigenvalue weighted by molar-refractivity contribution is 0.183. The molecule has 0 saturated heterocycles. The van der Waals surface area contributed by atoms with Crippen molar-refractivity contribution in [2.45, 2.75) is 26.0 Å². The zero-order valence-electron chi connectivity index (χ0n) is 7.54. The van der Waals surface area contributed by atoms with E-state index in [1.165, 1.54) is 11.3 Å². The van der Waals surface area contributed by atoms with Crippen LogP contribution in [0, 0.1) is 0 Å². The van der Waals surface area contributed by atoms with Gasteiger partial charge in [-0.25, -0.2) is 0 Å². The highest BCUT2D eigenvalue weighted by molar-refractivity contribution is 7.07. The number of aromatic nitrogens is 1. The van der Waals surface area contributed by atoms with Gasteiger partial charge in [0.25, 0.3) is 0 Å². The van der Waals surface area contributed by atoms with E-state index in [0.29, 0.717) is 6.54 Å². The molecular weight excluding hydrogens is 188 g/mol. The summed E-state index contributed by atoms with van der Waals surface area (Å²) in [6.45, 7) is 3.18. The first kappa shape index (κ1) is 10.4. The van der Waals surface area contributed by atoms with E-state index in [2.05, 4.69) is 10.3 Å². The van der Waals surface area contributed by atoms with E-state index in [1.54, 1.807) is 12.3 Å². The van der Waals surface area contributed by atoms with Gasteiger partial charge in [-0.05, 0) is 19.9 Å². The number of H-pyrrole nitrogens is 1. The van der Waals surface area contributed by atoms with E-state index in [-0.39, 0.29) is 11.0 Å². The predicted octanol–water partition coefficient (Wildman–Crippen LogP) is 0.297. The maximum absolute atomic E-state index is 10.7. The molecule has 1 aromatic rings. The molecule has 1 aromatic heterocycles. The van der Waals surface area contributed by atoms with Gasteiger partial charge in [-0.1, -0.05) is 11.3 Å².